The van der Waals surface area contributed by atoms with Crippen molar-refractivity contribution in [2.24, 2.45) is 11.8 Å². The zero-order valence-corrected chi connectivity index (χ0v) is 12.6. The molecule has 0 bridgehead atoms. The third-order valence-electron chi connectivity index (χ3n) is 3.94. The van der Waals surface area contributed by atoms with Gasteiger partial charge in [-0.1, -0.05) is 22.7 Å². The van der Waals surface area contributed by atoms with Crippen molar-refractivity contribution < 1.29 is 14.7 Å². The van der Waals surface area contributed by atoms with Gasteiger partial charge < -0.3 is 10.4 Å². The van der Waals surface area contributed by atoms with Crippen LogP contribution in [0.15, 0.2) is 29.5 Å². The number of allylic oxidation sites excluding steroid dienone is 2. The fourth-order valence-corrected chi connectivity index (χ4v) is 2.70. The molecule has 0 aliphatic heterocycles. The van der Waals surface area contributed by atoms with E-state index < -0.39 is 17.8 Å². The summed E-state index contributed by atoms with van der Waals surface area (Å²) in [7, 11) is 0. The SMILES string of the molecule is CC1=C(C)C[C@@H](C(=O)Nc2cccnc2Cl)[C@@H](C(=O)O)C1. The number of nitrogens with one attached hydrogen (secondary N) is 1. The Hall–Kier alpha value is -1.88. The molecule has 1 aliphatic carbocycles. The number of carbonyl (C=O) groups excluding carboxylic acids is 1. The van der Waals surface area contributed by atoms with E-state index >= 15 is 0 Å². The van der Waals surface area contributed by atoms with Crippen LogP contribution < -0.4 is 5.32 Å². The smallest absolute Gasteiger partial charge is 0.307 e. The molecule has 0 aromatic carbocycles. The number of hydrogen-bond acceptors (Lipinski definition) is 3. The van der Waals surface area contributed by atoms with Crippen LogP contribution in [0.5, 0.6) is 0 Å². The highest BCUT2D eigenvalue weighted by Crippen LogP contribution is 2.35. The molecule has 1 amide bonds. The summed E-state index contributed by atoms with van der Waals surface area (Å²) in [6.07, 6.45) is 2.38. The maximum absolute atomic E-state index is 12.4. The summed E-state index contributed by atoms with van der Waals surface area (Å²) in [6, 6.07) is 3.30. The Balaban J connectivity index is 2.21. The number of rotatable bonds is 3. The van der Waals surface area contributed by atoms with Crippen LogP contribution in [0.4, 0.5) is 5.69 Å². The molecule has 0 unspecified atom stereocenters. The molecule has 5 nitrogen and oxygen atoms in total. The lowest BCUT2D eigenvalue weighted by molar-refractivity contribution is -0.146. The van der Waals surface area contributed by atoms with Crippen LogP contribution in [0, 0.1) is 11.8 Å². The van der Waals surface area contributed by atoms with Gasteiger partial charge in [-0.05, 0) is 38.8 Å². The van der Waals surface area contributed by atoms with Gasteiger partial charge in [-0.3, -0.25) is 9.59 Å². The predicted molar refractivity (Wildman–Crippen MR) is 80.1 cm³/mol. The van der Waals surface area contributed by atoms with Crippen LogP contribution in [0.3, 0.4) is 0 Å². The third kappa shape index (κ3) is 3.42. The highest BCUT2D eigenvalue weighted by atomic mass is 35.5. The minimum Gasteiger partial charge on any atom is -0.481 e. The molecule has 0 radical (unpaired) electrons. The standard InChI is InChI=1S/C15H17ClN2O3/c1-8-6-10(11(15(20)21)7-9(8)2)14(19)18-12-4-3-5-17-13(12)16/h3-5,10-11H,6-7H2,1-2H3,(H,18,19)(H,20,21)/t10-,11+/m1/s1. The summed E-state index contributed by atoms with van der Waals surface area (Å²) >= 11 is 5.91. The van der Waals surface area contributed by atoms with Crippen LogP contribution in [0.25, 0.3) is 0 Å². The van der Waals surface area contributed by atoms with Crippen molar-refractivity contribution in [3.8, 4) is 0 Å². The number of amides is 1. The quantitative estimate of drug-likeness (QED) is 0.664. The molecular weight excluding hydrogens is 292 g/mol. The fourth-order valence-electron chi connectivity index (χ4n) is 2.53. The molecule has 2 atom stereocenters. The lowest BCUT2D eigenvalue weighted by Crippen LogP contribution is -2.36. The van der Waals surface area contributed by atoms with Gasteiger partial charge in [0, 0.05) is 6.20 Å². The van der Waals surface area contributed by atoms with Gasteiger partial charge in [0.2, 0.25) is 5.91 Å². The van der Waals surface area contributed by atoms with Crippen molar-refractivity contribution in [3.05, 3.63) is 34.6 Å². The first-order chi connectivity index (χ1) is 9.90. The van der Waals surface area contributed by atoms with Crippen LogP contribution in [-0.2, 0) is 9.59 Å². The molecule has 1 heterocycles. The minimum absolute atomic E-state index is 0.192. The van der Waals surface area contributed by atoms with Crippen molar-refractivity contribution in [2.75, 3.05) is 5.32 Å². The molecule has 1 aromatic heterocycles. The Labute approximate surface area is 128 Å². The fraction of sp³-hybridized carbons (Fsp3) is 0.400. The number of anilines is 1. The summed E-state index contributed by atoms with van der Waals surface area (Å²) in [4.78, 5) is 27.7. The summed E-state index contributed by atoms with van der Waals surface area (Å²) in [6.45, 7) is 3.85. The van der Waals surface area contributed by atoms with E-state index in [9.17, 15) is 14.7 Å². The first-order valence-electron chi connectivity index (χ1n) is 6.69. The van der Waals surface area contributed by atoms with Crippen molar-refractivity contribution in [3.63, 3.8) is 0 Å². The zero-order chi connectivity index (χ0) is 15.6. The first-order valence-corrected chi connectivity index (χ1v) is 7.07. The van der Waals surface area contributed by atoms with Gasteiger partial charge in [0.05, 0.1) is 17.5 Å². The Kier molecular flexibility index (Phi) is 4.63. The van der Waals surface area contributed by atoms with Crippen LogP contribution in [-0.4, -0.2) is 22.0 Å². The summed E-state index contributed by atoms with van der Waals surface area (Å²) in [5.41, 5.74) is 2.52. The second kappa shape index (κ2) is 6.26. The molecule has 1 aliphatic rings. The summed E-state index contributed by atoms with van der Waals surface area (Å²) < 4.78 is 0. The van der Waals surface area contributed by atoms with E-state index in [1.54, 1.807) is 12.1 Å². The topological polar surface area (TPSA) is 79.3 Å². The van der Waals surface area contributed by atoms with Gasteiger partial charge in [-0.2, -0.15) is 0 Å². The monoisotopic (exact) mass is 308 g/mol. The Morgan fingerprint density at radius 1 is 1.29 bits per heavy atom. The maximum Gasteiger partial charge on any atom is 0.307 e. The van der Waals surface area contributed by atoms with E-state index in [2.05, 4.69) is 10.3 Å². The van der Waals surface area contributed by atoms with Crippen LogP contribution in [0.2, 0.25) is 5.15 Å². The number of aromatic nitrogens is 1. The van der Waals surface area contributed by atoms with Crippen molar-refractivity contribution in [1.29, 1.82) is 0 Å². The maximum atomic E-state index is 12.4. The van der Waals surface area contributed by atoms with Gasteiger partial charge in [-0.15, -0.1) is 0 Å². The lowest BCUT2D eigenvalue weighted by atomic mass is 9.76. The van der Waals surface area contributed by atoms with Crippen molar-refractivity contribution in [2.45, 2.75) is 26.7 Å². The summed E-state index contributed by atoms with van der Waals surface area (Å²) in [5, 5.41) is 12.2. The molecule has 0 spiro atoms. The largest absolute Gasteiger partial charge is 0.481 e. The van der Waals surface area contributed by atoms with E-state index in [4.69, 9.17) is 11.6 Å². The lowest BCUT2D eigenvalue weighted by Gasteiger charge is -2.29. The molecular formula is C15H17ClN2O3. The number of nitrogens with zero attached hydrogens (tertiary/aromatic N) is 1. The number of hydrogen-bond donors (Lipinski definition) is 2. The predicted octanol–water partition coefficient (Wildman–Crippen LogP) is 3.12. The Morgan fingerprint density at radius 2 is 1.90 bits per heavy atom. The van der Waals surface area contributed by atoms with Crippen molar-refractivity contribution >= 4 is 29.2 Å². The molecule has 0 saturated carbocycles. The van der Waals surface area contributed by atoms with Gasteiger partial charge in [0.15, 0.2) is 5.15 Å². The highest BCUT2D eigenvalue weighted by molar-refractivity contribution is 6.32. The van der Waals surface area contributed by atoms with Gasteiger partial charge in [0.25, 0.3) is 0 Å². The Morgan fingerprint density at radius 3 is 2.48 bits per heavy atom. The minimum atomic E-state index is -0.945. The van der Waals surface area contributed by atoms with E-state index in [0.29, 0.717) is 18.5 Å². The van der Waals surface area contributed by atoms with E-state index in [-0.39, 0.29) is 11.1 Å². The van der Waals surface area contributed by atoms with E-state index in [1.807, 2.05) is 13.8 Å². The molecule has 112 valence electrons. The molecule has 6 heteroatoms. The summed E-state index contributed by atoms with van der Waals surface area (Å²) in [5.74, 6) is -2.57. The van der Waals surface area contributed by atoms with Gasteiger partial charge in [0.1, 0.15) is 0 Å². The molecule has 2 N–H and O–H groups in total. The van der Waals surface area contributed by atoms with E-state index in [0.717, 1.165) is 11.1 Å². The average Bonchev–Trinajstić information content (AvgIpc) is 2.43. The van der Waals surface area contributed by atoms with Gasteiger partial charge in [-0.25, -0.2) is 4.98 Å². The number of carbonyl (C=O) groups is 2. The van der Waals surface area contributed by atoms with Crippen molar-refractivity contribution in [1.82, 2.24) is 4.98 Å². The second-order valence-electron chi connectivity index (χ2n) is 5.35. The normalized spacial score (nSPS) is 22.0. The number of aliphatic carboxylic acids is 1. The molecule has 0 saturated heterocycles. The molecule has 2 rings (SSSR count). The molecule has 0 fully saturated rings. The van der Waals surface area contributed by atoms with Crippen LogP contribution >= 0.6 is 11.6 Å². The number of pyridine rings is 1. The highest BCUT2D eigenvalue weighted by Gasteiger charge is 2.37. The van der Waals surface area contributed by atoms with Crippen LogP contribution in [0.1, 0.15) is 26.7 Å². The average molecular weight is 309 g/mol. The van der Waals surface area contributed by atoms with Gasteiger partial charge >= 0.3 is 5.97 Å². The van der Waals surface area contributed by atoms with E-state index in [1.165, 1.54) is 6.20 Å². The number of carboxylic acid groups (broad SMARTS) is 1. The Bertz CT molecular complexity index is 613. The first kappa shape index (κ1) is 15.5. The third-order valence-corrected chi connectivity index (χ3v) is 4.24. The number of carboxylic acids is 1. The number of halogens is 1. The molecule has 1 aromatic rings. The molecule has 21 heavy (non-hydrogen) atoms. The zero-order valence-electron chi connectivity index (χ0n) is 11.9. The second-order valence-corrected chi connectivity index (χ2v) is 5.71.